The average molecular weight is 370 g/mol. The molecule has 1 aliphatic rings. The van der Waals surface area contributed by atoms with Crippen molar-refractivity contribution in [3.8, 4) is 5.75 Å². The van der Waals surface area contributed by atoms with Crippen LogP contribution in [0.1, 0.15) is 31.9 Å². The number of piperidine rings is 1. The van der Waals surface area contributed by atoms with E-state index in [2.05, 4.69) is 15.2 Å². The van der Waals surface area contributed by atoms with Gasteiger partial charge in [-0.25, -0.2) is 4.98 Å². The van der Waals surface area contributed by atoms with E-state index >= 15 is 0 Å². The Labute approximate surface area is 159 Å². The van der Waals surface area contributed by atoms with Crippen LogP contribution >= 0.6 is 0 Å². The number of benzene rings is 1. The zero-order valence-electron chi connectivity index (χ0n) is 15.9. The second-order valence-corrected chi connectivity index (χ2v) is 6.68. The number of hydrogen-bond donors (Lipinski definition) is 1. The van der Waals surface area contributed by atoms with Crippen LogP contribution in [0.2, 0.25) is 0 Å². The average Bonchev–Trinajstić information content (AvgIpc) is 2.66. The molecule has 0 radical (unpaired) electrons. The highest BCUT2D eigenvalue weighted by atomic mass is 16.5. The van der Waals surface area contributed by atoms with Gasteiger partial charge in [0.15, 0.2) is 0 Å². The van der Waals surface area contributed by atoms with E-state index in [1.807, 2.05) is 6.92 Å². The molecule has 27 heavy (non-hydrogen) atoms. The van der Waals surface area contributed by atoms with Gasteiger partial charge in [0.25, 0.3) is 5.56 Å². The maximum absolute atomic E-state index is 12.5. The minimum atomic E-state index is -0.259. The van der Waals surface area contributed by atoms with E-state index in [-0.39, 0.29) is 18.0 Å². The number of rotatable bonds is 6. The zero-order chi connectivity index (χ0) is 19.2. The first-order chi connectivity index (χ1) is 13.1. The van der Waals surface area contributed by atoms with Crippen molar-refractivity contribution in [3.05, 3.63) is 46.4 Å². The number of anilines is 2. The SMILES string of the molecule is CCOc1ccc(NC(=O)Cn2c(N3CCCCC3)nc(C)cc2=O)cc1. The molecule has 0 spiro atoms. The summed E-state index contributed by atoms with van der Waals surface area (Å²) in [4.78, 5) is 31.7. The van der Waals surface area contributed by atoms with Crippen LogP contribution in [-0.4, -0.2) is 35.2 Å². The number of nitrogens with zero attached hydrogens (tertiary/aromatic N) is 3. The van der Waals surface area contributed by atoms with E-state index in [9.17, 15) is 9.59 Å². The van der Waals surface area contributed by atoms with Gasteiger partial charge in [-0.05, 0) is 57.4 Å². The molecule has 1 N–H and O–H groups in total. The molecule has 1 fully saturated rings. The molecule has 1 amide bonds. The number of aryl methyl sites for hydroxylation is 1. The monoisotopic (exact) mass is 370 g/mol. The molecule has 0 unspecified atom stereocenters. The van der Waals surface area contributed by atoms with Crippen molar-refractivity contribution in [2.75, 3.05) is 29.9 Å². The van der Waals surface area contributed by atoms with Crippen LogP contribution in [0.15, 0.2) is 35.1 Å². The lowest BCUT2D eigenvalue weighted by atomic mass is 10.1. The highest BCUT2D eigenvalue weighted by molar-refractivity contribution is 5.90. The van der Waals surface area contributed by atoms with E-state index in [1.54, 1.807) is 31.2 Å². The number of aromatic nitrogens is 2. The normalized spacial score (nSPS) is 14.1. The van der Waals surface area contributed by atoms with E-state index < -0.39 is 0 Å². The van der Waals surface area contributed by atoms with Crippen LogP contribution in [0, 0.1) is 6.92 Å². The van der Waals surface area contributed by atoms with Gasteiger partial charge in [-0.3, -0.25) is 14.2 Å². The predicted octanol–water partition coefficient (Wildman–Crippen LogP) is 2.58. The fourth-order valence-electron chi connectivity index (χ4n) is 3.23. The Morgan fingerprint density at radius 2 is 1.89 bits per heavy atom. The summed E-state index contributed by atoms with van der Waals surface area (Å²) in [5.74, 6) is 1.08. The van der Waals surface area contributed by atoms with E-state index in [4.69, 9.17) is 4.74 Å². The van der Waals surface area contributed by atoms with Crippen LogP contribution in [0.3, 0.4) is 0 Å². The predicted molar refractivity (Wildman–Crippen MR) is 106 cm³/mol. The number of amides is 1. The topological polar surface area (TPSA) is 76.5 Å². The minimum absolute atomic E-state index is 0.0643. The molecule has 144 valence electrons. The van der Waals surface area contributed by atoms with Crippen molar-refractivity contribution in [1.29, 1.82) is 0 Å². The molecule has 1 aromatic heterocycles. The Morgan fingerprint density at radius 1 is 1.19 bits per heavy atom. The second-order valence-electron chi connectivity index (χ2n) is 6.68. The number of carbonyl (C=O) groups is 1. The van der Waals surface area contributed by atoms with Gasteiger partial charge in [0.1, 0.15) is 12.3 Å². The van der Waals surface area contributed by atoms with Crippen molar-refractivity contribution in [1.82, 2.24) is 9.55 Å². The van der Waals surface area contributed by atoms with Crippen molar-refractivity contribution in [2.24, 2.45) is 0 Å². The quantitative estimate of drug-likeness (QED) is 0.846. The molecule has 0 saturated carbocycles. The molecule has 1 aromatic carbocycles. The number of ether oxygens (including phenoxy) is 1. The third kappa shape index (κ3) is 4.87. The largest absolute Gasteiger partial charge is 0.494 e. The Hall–Kier alpha value is -2.83. The fourth-order valence-corrected chi connectivity index (χ4v) is 3.23. The number of carbonyl (C=O) groups excluding carboxylic acids is 1. The van der Waals surface area contributed by atoms with Gasteiger partial charge in [-0.2, -0.15) is 0 Å². The fraction of sp³-hybridized carbons (Fsp3) is 0.450. The highest BCUT2D eigenvalue weighted by Crippen LogP contribution is 2.18. The van der Waals surface area contributed by atoms with Crippen molar-refractivity contribution in [3.63, 3.8) is 0 Å². The van der Waals surface area contributed by atoms with E-state index in [0.29, 0.717) is 23.9 Å². The molecule has 7 heteroatoms. The second kappa shape index (κ2) is 8.70. The molecule has 0 aliphatic carbocycles. The van der Waals surface area contributed by atoms with Crippen LogP contribution in [-0.2, 0) is 11.3 Å². The summed E-state index contributed by atoms with van der Waals surface area (Å²) in [6.07, 6.45) is 3.33. The number of nitrogens with one attached hydrogen (secondary N) is 1. The molecule has 0 bridgehead atoms. The third-order valence-corrected chi connectivity index (χ3v) is 4.51. The molecule has 7 nitrogen and oxygen atoms in total. The molecule has 2 heterocycles. The van der Waals surface area contributed by atoms with Crippen molar-refractivity contribution in [2.45, 2.75) is 39.7 Å². The van der Waals surface area contributed by atoms with E-state index in [1.165, 1.54) is 17.1 Å². The highest BCUT2D eigenvalue weighted by Gasteiger charge is 2.19. The van der Waals surface area contributed by atoms with Gasteiger partial charge < -0.3 is 15.0 Å². The maximum atomic E-state index is 12.5. The van der Waals surface area contributed by atoms with Crippen LogP contribution in [0.5, 0.6) is 5.75 Å². The molecule has 0 atom stereocenters. The Balaban J connectivity index is 1.75. The van der Waals surface area contributed by atoms with Gasteiger partial charge >= 0.3 is 0 Å². The lowest BCUT2D eigenvalue weighted by Crippen LogP contribution is -2.38. The molecule has 1 saturated heterocycles. The summed E-state index contributed by atoms with van der Waals surface area (Å²) in [6.45, 7) is 5.97. The Kier molecular flexibility index (Phi) is 6.11. The van der Waals surface area contributed by atoms with Crippen LogP contribution in [0.4, 0.5) is 11.6 Å². The molecular weight excluding hydrogens is 344 g/mol. The van der Waals surface area contributed by atoms with Crippen LogP contribution < -0.4 is 20.5 Å². The number of hydrogen-bond acceptors (Lipinski definition) is 5. The Bertz CT molecular complexity index is 839. The first-order valence-corrected chi connectivity index (χ1v) is 9.43. The molecule has 2 aromatic rings. The molecule has 1 aliphatic heterocycles. The maximum Gasteiger partial charge on any atom is 0.255 e. The summed E-state index contributed by atoms with van der Waals surface area (Å²) in [5.41, 5.74) is 1.13. The van der Waals surface area contributed by atoms with Gasteiger partial charge in [-0.1, -0.05) is 0 Å². The minimum Gasteiger partial charge on any atom is -0.494 e. The first kappa shape index (κ1) is 18.9. The smallest absolute Gasteiger partial charge is 0.255 e. The first-order valence-electron chi connectivity index (χ1n) is 9.43. The standard InChI is InChI=1S/C20H26N4O3/c1-3-27-17-9-7-16(8-10-17)22-18(25)14-24-19(26)13-15(2)21-20(24)23-11-5-4-6-12-23/h7-10,13H,3-6,11-12,14H2,1-2H3,(H,22,25). The van der Waals surface area contributed by atoms with E-state index in [0.717, 1.165) is 31.7 Å². The van der Waals surface area contributed by atoms with Gasteiger partial charge in [0, 0.05) is 30.5 Å². The van der Waals surface area contributed by atoms with Crippen molar-refractivity contribution >= 4 is 17.5 Å². The summed E-state index contributed by atoms with van der Waals surface area (Å²) >= 11 is 0. The molecule has 3 rings (SSSR count). The summed E-state index contributed by atoms with van der Waals surface area (Å²) < 4.78 is 6.86. The lowest BCUT2D eigenvalue weighted by Gasteiger charge is -2.29. The van der Waals surface area contributed by atoms with Gasteiger partial charge in [0.05, 0.1) is 6.61 Å². The third-order valence-electron chi connectivity index (χ3n) is 4.51. The summed E-state index contributed by atoms with van der Waals surface area (Å²) in [5, 5.41) is 2.83. The zero-order valence-corrected chi connectivity index (χ0v) is 15.9. The van der Waals surface area contributed by atoms with Gasteiger partial charge in [-0.15, -0.1) is 0 Å². The van der Waals surface area contributed by atoms with Crippen molar-refractivity contribution < 1.29 is 9.53 Å². The summed E-state index contributed by atoms with van der Waals surface area (Å²) in [6, 6.07) is 8.64. The Morgan fingerprint density at radius 3 is 2.56 bits per heavy atom. The van der Waals surface area contributed by atoms with Crippen LogP contribution in [0.25, 0.3) is 0 Å². The van der Waals surface area contributed by atoms with Gasteiger partial charge in [0.2, 0.25) is 11.9 Å². The summed E-state index contributed by atoms with van der Waals surface area (Å²) in [7, 11) is 0. The lowest BCUT2D eigenvalue weighted by molar-refractivity contribution is -0.116. The molecular formula is C20H26N4O3.